The van der Waals surface area contributed by atoms with Gasteiger partial charge in [0.15, 0.2) is 5.58 Å². The van der Waals surface area contributed by atoms with Gasteiger partial charge in [-0.2, -0.15) is 13.5 Å². The maximum absolute atomic E-state index is 12.5. The topological polar surface area (TPSA) is 109 Å². The third-order valence-electron chi connectivity index (χ3n) is 4.52. The second kappa shape index (κ2) is 6.13. The number of nitrogens with zero attached hydrogens (tertiary/aromatic N) is 2. The van der Waals surface area contributed by atoms with Crippen molar-refractivity contribution in [3.8, 4) is 0 Å². The lowest BCUT2D eigenvalue weighted by Crippen LogP contribution is -2.18. The molecule has 4 aromatic rings. The van der Waals surface area contributed by atoms with E-state index >= 15 is 0 Å². The summed E-state index contributed by atoms with van der Waals surface area (Å²) in [6.07, 6.45) is 1.49. The third kappa shape index (κ3) is 2.91. The molecule has 9 heteroatoms. The molecule has 0 fully saturated rings. The second-order valence-electron chi connectivity index (χ2n) is 6.10. The van der Waals surface area contributed by atoms with E-state index in [0.717, 1.165) is 22.2 Å². The van der Waals surface area contributed by atoms with Crippen LogP contribution in [-0.2, 0) is 17.1 Å². The predicted octanol–water partition coefficient (Wildman–Crippen LogP) is 2.23. The van der Waals surface area contributed by atoms with Gasteiger partial charge >= 0.3 is 5.76 Å². The summed E-state index contributed by atoms with van der Waals surface area (Å²) in [6.45, 7) is 1.94. The number of hydrazone groups is 1. The molecule has 0 bridgehead atoms. The van der Waals surface area contributed by atoms with Gasteiger partial charge in [0, 0.05) is 35.3 Å². The predicted molar refractivity (Wildman–Crippen MR) is 102 cm³/mol. The first-order valence-corrected chi connectivity index (χ1v) is 9.57. The van der Waals surface area contributed by atoms with Gasteiger partial charge < -0.3 is 8.98 Å². The molecule has 2 aromatic carbocycles. The fourth-order valence-corrected chi connectivity index (χ4v) is 3.83. The van der Waals surface area contributed by atoms with Gasteiger partial charge in [-0.15, -0.1) is 0 Å². The summed E-state index contributed by atoms with van der Waals surface area (Å²) >= 11 is 0. The third-order valence-corrected chi connectivity index (χ3v) is 5.74. The number of aryl methyl sites for hydroxylation is 1. The minimum atomic E-state index is -3.90. The Morgan fingerprint density at radius 3 is 2.81 bits per heavy atom. The highest BCUT2D eigenvalue weighted by Crippen LogP contribution is 2.23. The molecule has 27 heavy (non-hydrogen) atoms. The van der Waals surface area contributed by atoms with Crippen LogP contribution in [0.1, 0.15) is 11.3 Å². The van der Waals surface area contributed by atoms with Crippen molar-refractivity contribution in [2.75, 3.05) is 0 Å². The lowest BCUT2D eigenvalue weighted by molar-refractivity contribution is 0.553. The zero-order valence-corrected chi connectivity index (χ0v) is 15.4. The number of fused-ring (bicyclic) bond motifs is 2. The number of rotatable bonds is 4. The second-order valence-corrected chi connectivity index (χ2v) is 7.76. The maximum Gasteiger partial charge on any atom is 0.417 e. The number of H-pyrrole nitrogens is 1. The first-order chi connectivity index (χ1) is 12.9. The zero-order valence-electron chi connectivity index (χ0n) is 14.6. The highest BCUT2D eigenvalue weighted by molar-refractivity contribution is 7.89. The molecule has 138 valence electrons. The van der Waals surface area contributed by atoms with Crippen LogP contribution in [0.15, 0.2) is 61.7 Å². The first-order valence-electron chi connectivity index (χ1n) is 8.08. The van der Waals surface area contributed by atoms with Crippen LogP contribution in [0.25, 0.3) is 22.0 Å². The smallest absolute Gasteiger partial charge is 0.408 e. The molecule has 0 spiro atoms. The van der Waals surface area contributed by atoms with Gasteiger partial charge in [0.05, 0.1) is 16.6 Å². The van der Waals surface area contributed by atoms with E-state index in [1.54, 1.807) is 0 Å². The van der Waals surface area contributed by atoms with E-state index in [1.807, 2.05) is 42.8 Å². The van der Waals surface area contributed by atoms with Crippen LogP contribution in [0.3, 0.4) is 0 Å². The molecule has 0 radical (unpaired) electrons. The van der Waals surface area contributed by atoms with Crippen molar-refractivity contribution in [2.45, 2.75) is 11.8 Å². The zero-order chi connectivity index (χ0) is 19.2. The summed E-state index contributed by atoms with van der Waals surface area (Å²) in [6, 6.07) is 11.9. The fraction of sp³-hybridized carbons (Fsp3) is 0.111. The maximum atomic E-state index is 12.5. The van der Waals surface area contributed by atoms with Crippen LogP contribution in [0.5, 0.6) is 0 Å². The quantitative estimate of drug-likeness (QED) is 0.415. The number of oxazole rings is 1. The van der Waals surface area contributed by atoms with Gasteiger partial charge in [0.2, 0.25) is 0 Å². The Balaban J connectivity index is 1.65. The number of nitrogens with one attached hydrogen (secondary N) is 2. The van der Waals surface area contributed by atoms with Crippen molar-refractivity contribution in [3.63, 3.8) is 0 Å². The molecule has 2 aromatic heterocycles. The van der Waals surface area contributed by atoms with E-state index < -0.39 is 15.8 Å². The van der Waals surface area contributed by atoms with Gasteiger partial charge in [-0.05, 0) is 25.1 Å². The molecule has 4 rings (SSSR count). The normalized spacial score (nSPS) is 12.4. The molecule has 2 heterocycles. The summed E-state index contributed by atoms with van der Waals surface area (Å²) < 4.78 is 31.9. The van der Waals surface area contributed by atoms with E-state index in [-0.39, 0.29) is 10.5 Å². The number of hydrogen-bond donors (Lipinski definition) is 2. The lowest BCUT2D eigenvalue weighted by Gasteiger charge is -2.03. The van der Waals surface area contributed by atoms with Crippen LogP contribution in [0.2, 0.25) is 0 Å². The SMILES string of the molecule is Cc1c(/C=N/NS(=O)(=O)c2ccc3[nH]c(=O)oc3c2)c2ccccc2n1C. The van der Waals surface area contributed by atoms with E-state index in [9.17, 15) is 13.2 Å². The van der Waals surface area contributed by atoms with Gasteiger partial charge in [-0.25, -0.2) is 9.63 Å². The van der Waals surface area contributed by atoms with Crippen molar-refractivity contribution in [1.29, 1.82) is 0 Å². The number of benzene rings is 2. The Morgan fingerprint density at radius 1 is 1.22 bits per heavy atom. The molecule has 0 aliphatic rings. The number of aromatic nitrogens is 2. The molecular weight excluding hydrogens is 368 g/mol. The average Bonchev–Trinajstić information content (AvgIpc) is 3.13. The monoisotopic (exact) mass is 384 g/mol. The molecule has 0 amide bonds. The molecule has 0 unspecified atom stereocenters. The molecular formula is C18H16N4O4S. The van der Waals surface area contributed by atoms with Crippen molar-refractivity contribution in [3.05, 3.63) is 64.3 Å². The van der Waals surface area contributed by atoms with Gasteiger partial charge in [0.25, 0.3) is 10.0 Å². The summed E-state index contributed by atoms with van der Waals surface area (Å²) in [4.78, 5) is 15.8. The summed E-state index contributed by atoms with van der Waals surface area (Å²) in [5, 5.41) is 4.91. The summed E-state index contributed by atoms with van der Waals surface area (Å²) in [7, 11) is -1.96. The number of hydrogen-bond acceptors (Lipinski definition) is 5. The highest BCUT2D eigenvalue weighted by atomic mass is 32.2. The number of para-hydroxylation sites is 1. The minimum Gasteiger partial charge on any atom is -0.408 e. The fourth-order valence-electron chi connectivity index (χ4n) is 3.02. The molecule has 0 aliphatic carbocycles. The van der Waals surface area contributed by atoms with E-state index in [0.29, 0.717) is 5.52 Å². The highest BCUT2D eigenvalue weighted by Gasteiger charge is 2.15. The van der Waals surface area contributed by atoms with Crippen molar-refractivity contribution in [2.24, 2.45) is 12.1 Å². The Labute approximate surface area is 154 Å². The molecule has 0 saturated heterocycles. The largest absolute Gasteiger partial charge is 0.417 e. The van der Waals surface area contributed by atoms with Crippen LogP contribution in [0.4, 0.5) is 0 Å². The summed E-state index contributed by atoms with van der Waals surface area (Å²) in [5.74, 6) is -0.642. The lowest BCUT2D eigenvalue weighted by atomic mass is 10.1. The number of sulfonamides is 1. The van der Waals surface area contributed by atoms with Crippen molar-refractivity contribution < 1.29 is 12.8 Å². The summed E-state index contributed by atoms with van der Waals surface area (Å²) in [5.41, 5.74) is 3.43. The van der Waals surface area contributed by atoms with Gasteiger partial charge in [0.1, 0.15) is 0 Å². The van der Waals surface area contributed by atoms with Gasteiger partial charge in [-0.3, -0.25) is 4.98 Å². The van der Waals surface area contributed by atoms with Crippen molar-refractivity contribution >= 4 is 38.2 Å². The Kier molecular flexibility index (Phi) is 3.88. The van der Waals surface area contributed by atoms with Crippen LogP contribution < -0.4 is 10.6 Å². The Bertz CT molecular complexity index is 1360. The molecule has 0 atom stereocenters. The standard InChI is InChI=1S/C18H16N4O4S/c1-11-14(13-5-3-4-6-16(13)22(11)2)10-19-21-27(24,25)12-7-8-15-17(9-12)26-18(23)20-15/h3-10,21H,1-2H3,(H,20,23)/b19-10+. The van der Waals surface area contributed by atoms with Gasteiger partial charge in [-0.1, -0.05) is 18.2 Å². The molecule has 0 aliphatic heterocycles. The number of aromatic amines is 1. The van der Waals surface area contributed by atoms with Crippen molar-refractivity contribution in [1.82, 2.24) is 14.4 Å². The van der Waals surface area contributed by atoms with Crippen LogP contribution >= 0.6 is 0 Å². The van der Waals surface area contributed by atoms with E-state index in [4.69, 9.17) is 4.42 Å². The molecule has 8 nitrogen and oxygen atoms in total. The molecule has 2 N–H and O–H groups in total. The van der Waals surface area contributed by atoms with E-state index in [1.165, 1.54) is 24.4 Å². The molecule has 0 saturated carbocycles. The average molecular weight is 384 g/mol. The Morgan fingerprint density at radius 2 is 2.00 bits per heavy atom. The van der Waals surface area contributed by atoms with Crippen LogP contribution in [0, 0.1) is 6.92 Å². The van der Waals surface area contributed by atoms with E-state index in [2.05, 4.69) is 14.9 Å². The first kappa shape index (κ1) is 17.1. The van der Waals surface area contributed by atoms with Crippen LogP contribution in [-0.4, -0.2) is 24.2 Å². The Hall–Kier alpha value is -3.33. The minimum absolute atomic E-state index is 0.0514.